The summed E-state index contributed by atoms with van der Waals surface area (Å²) in [5.41, 5.74) is 7.75. The Balaban J connectivity index is 1.52. The van der Waals surface area contributed by atoms with Crippen LogP contribution in [0.5, 0.6) is 0 Å². The smallest absolute Gasteiger partial charge is 0.223 e. The molecule has 0 radical (unpaired) electrons. The van der Waals surface area contributed by atoms with Crippen molar-refractivity contribution in [2.45, 2.75) is 19.8 Å². The summed E-state index contributed by atoms with van der Waals surface area (Å²) in [4.78, 5) is 12.4. The topological polar surface area (TPSA) is 94.2 Å². The monoisotopic (exact) mass is 419 g/mol. The molecule has 0 atom stereocenters. The largest absolute Gasteiger partial charge is 0.368 e. The molecule has 0 aliphatic carbocycles. The highest BCUT2D eigenvalue weighted by molar-refractivity contribution is 6.32. The normalized spacial score (nSPS) is 15.0. The van der Waals surface area contributed by atoms with Crippen molar-refractivity contribution < 1.29 is 4.39 Å². The SMILES string of the molecule is CC(C)c1ccc(N2CCN(CCNc3nc(N)nc(Cl)c3C=N)CC2)c(F)c1. The highest BCUT2D eigenvalue weighted by Gasteiger charge is 2.20. The number of nitrogens with one attached hydrogen (secondary N) is 2. The number of anilines is 3. The number of benzene rings is 1. The Morgan fingerprint density at radius 3 is 2.62 bits per heavy atom. The third-order valence-electron chi connectivity index (χ3n) is 5.13. The Bertz CT molecular complexity index is 866. The summed E-state index contributed by atoms with van der Waals surface area (Å²) in [5, 5.41) is 10.8. The van der Waals surface area contributed by atoms with Crippen LogP contribution in [0.15, 0.2) is 18.2 Å². The number of rotatable bonds is 7. The number of halogens is 2. The molecule has 1 aliphatic heterocycles. The van der Waals surface area contributed by atoms with Crippen LogP contribution in [0.3, 0.4) is 0 Å². The molecular weight excluding hydrogens is 393 g/mol. The zero-order valence-corrected chi connectivity index (χ0v) is 17.5. The summed E-state index contributed by atoms with van der Waals surface area (Å²) >= 11 is 6.01. The van der Waals surface area contributed by atoms with E-state index in [-0.39, 0.29) is 16.9 Å². The number of nitrogens with two attached hydrogens (primary N) is 1. The van der Waals surface area contributed by atoms with Gasteiger partial charge in [0.15, 0.2) is 0 Å². The maximum absolute atomic E-state index is 14.5. The molecule has 2 heterocycles. The first kappa shape index (κ1) is 21.3. The van der Waals surface area contributed by atoms with Gasteiger partial charge in [-0.2, -0.15) is 4.98 Å². The van der Waals surface area contributed by atoms with Crippen LogP contribution in [0, 0.1) is 11.2 Å². The third kappa shape index (κ3) is 5.13. The minimum atomic E-state index is -0.149. The second kappa shape index (κ2) is 9.37. The van der Waals surface area contributed by atoms with E-state index >= 15 is 0 Å². The number of hydrogen-bond acceptors (Lipinski definition) is 7. The van der Waals surface area contributed by atoms with Gasteiger partial charge in [0.25, 0.3) is 0 Å². The van der Waals surface area contributed by atoms with Crippen molar-refractivity contribution in [3.05, 3.63) is 40.3 Å². The van der Waals surface area contributed by atoms with Crippen LogP contribution in [-0.2, 0) is 0 Å². The van der Waals surface area contributed by atoms with Gasteiger partial charge in [-0.1, -0.05) is 31.5 Å². The van der Waals surface area contributed by atoms with Crippen molar-refractivity contribution in [2.24, 2.45) is 0 Å². The van der Waals surface area contributed by atoms with E-state index in [9.17, 15) is 4.39 Å². The van der Waals surface area contributed by atoms with Gasteiger partial charge in [0.1, 0.15) is 16.8 Å². The maximum Gasteiger partial charge on any atom is 0.223 e. The zero-order valence-electron chi connectivity index (χ0n) is 16.8. The first-order chi connectivity index (χ1) is 13.9. The standard InChI is InChI=1S/C20H27ClFN7/c1-13(2)14-3-4-17(16(22)11-14)29-9-7-28(8-10-29)6-5-25-19-15(12-23)18(21)26-20(24)27-19/h3-4,11-13,23H,5-10H2,1-2H3,(H3,24,25,26,27). The summed E-state index contributed by atoms with van der Waals surface area (Å²) in [6.45, 7) is 8.79. The van der Waals surface area contributed by atoms with Gasteiger partial charge in [-0.25, -0.2) is 9.37 Å². The molecule has 1 fully saturated rings. The molecule has 3 rings (SSSR count). The Kier molecular flexibility index (Phi) is 6.87. The molecule has 0 bridgehead atoms. The zero-order chi connectivity index (χ0) is 21.0. The van der Waals surface area contributed by atoms with Crippen LogP contribution in [0.2, 0.25) is 5.15 Å². The first-order valence-electron chi connectivity index (χ1n) is 9.73. The molecule has 0 amide bonds. The minimum absolute atomic E-state index is 0.0715. The van der Waals surface area contributed by atoms with E-state index in [1.807, 2.05) is 12.1 Å². The minimum Gasteiger partial charge on any atom is -0.368 e. The maximum atomic E-state index is 14.5. The quantitative estimate of drug-likeness (QED) is 0.471. The van der Waals surface area contributed by atoms with Crippen molar-refractivity contribution in [1.82, 2.24) is 14.9 Å². The molecule has 1 aliphatic rings. The Morgan fingerprint density at radius 1 is 1.28 bits per heavy atom. The van der Waals surface area contributed by atoms with Gasteiger partial charge in [0.2, 0.25) is 5.95 Å². The molecule has 0 saturated carbocycles. The van der Waals surface area contributed by atoms with Gasteiger partial charge >= 0.3 is 0 Å². The molecule has 1 saturated heterocycles. The van der Waals surface area contributed by atoms with Crippen LogP contribution >= 0.6 is 11.6 Å². The average molecular weight is 420 g/mol. The van der Waals surface area contributed by atoms with E-state index in [0.29, 0.717) is 29.5 Å². The Labute approximate surface area is 175 Å². The summed E-state index contributed by atoms with van der Waals surface area (Å²) in [6.07, 6.45) is 1.11. The van der Waals surface area contributed by atoms with E-state index < -0.39 is 0 Å². The molecule has 29 heavy (non-hydrogen) atoms. The molecule has 9 heteroatoms. The molecule has 1 aromatic heterocycles. The van der Waals surface area contributed by atoms with Crippen LogP contribution < -0.4 is 16.0 Å². The van der Waals surface area contributed by atoms with E-state index in [4.69, 9.17) is 22.7 Å². The van der Waals surface area contributed by atoms with E-state index in [1.165, 1.54) is 0 Å². The summed E-state index contributed by atoms with van der Waals surface area (Å²) in [6, 6.07) is 5.55. The number of piperazine rings is 1. The third-order valence-corrected chi connectivity index (χ3v) is 5.42. The van der Waals surface area contributed by atoms with E-state index in [1.54, 1.807) is 6.07 Å². The molecular formula is C20H27ClFN7. The lowest BCUT2D eigenvalue weighted by Crippen LogP contribution is -2.48. The first-order valence-corrected chi connectivity index (χ1v) is 10.1. The van der Waals surface area contributed by atoms with E-state index in [0.717, 1.165) is 44.5 Å². The van der Waals surface area contributed by atoms with Crippen LogP contribution in [0.25, 0.3) is 0 Å². The van der Waals surface area contributed by atoms with Gasteiger partial charge < -0.3 is 21.4 Å². The van der Waals surface area contributed by atoms with E-state index in [2.05, 4.69) is 38.9 Å². The summed E-state index contributed by atoms with van der Waals surface area (Å²) in [7, 11) is 0. The van der Waals surface area contributed by atoms with Crippen molar-refractivity contribution in [1.29, 1.82) is 5.41 Å². The molecule has 1 aromatic carbocycles. The second-order valence-electron chi connectivity index (χ2n) is 7.40. The molecule has 0 spiro atoms. The van der Waals surface area contributed by atoms with Gasteiger partial charge in [0.05, 0.1) is 11.3 Å². The van der Waals surface area contributed by atoms with Crippen LogP contribution in [0.1, 0.15) is 30.9 Å². The van der Waals surface area contributed by atoms with Crippen molar-refractivity contribution in [3.63, 3.8) is 0 Å². The fourth-order valence-corrected chi connectivity index (χ4v) is 3.64. The second-order valence-corrected chi connectivity index (χ2v) is 7.76. The van der Waals surface area contributed by atoms with Crippen LogP contribution in [-0.4, -0.2) is 60.4 Å². The molecule has 7 nitrogen and oxygen atoms in total. The molecule has 2 aromatic rings. The highest BCUT2D eigenvalue weighted by Crippen LogP contribution is 2.25. The molecule has 4 N–H and O–H groups in total. The van der Waals surface area contributed by atoms with Crippen LogP contribution in [0.4, 0.5) is 21.8 Å². The predicted octanol–water partition coefficient (Wildman–Crippen LogP) is 3.21. The Morgan fingerprint density at radius 2 is 2.00 bits per heavy atom. The molecule has 156 valence electrons. The molecule has 0 unspecified atom stereocenters. The summed E-state index contributed by atoms with van der Waals surface area (Å²) in [5.74, 6) is 0.700. The lowest BCUT2D eigenvalue weighted by atomic mass is 10.0. The van der Waals surface area contributed by atoms with Crippen molar-refractivity contribution in [3.8, 4) is 0 Å². The predicted molar refractivity (Wildman–Crippen MR) is 117 cm³/mol. The number of aromatic nitrogens is 2. The number of nitrogens with zero attached hydrogens (tertiary/aromatic N) is 4. The summed E-state index contributed by atoms with van der Waals surface area (Å²) < 4.78 is 14.5. The van der Waals surface area contributed by atoms with Gasteiger partial charge in [-0.05, 0) is 23.6 Å². The van der Waals surface area contributed by atoms with Gasteiger partial charge in [-0.15, -0.1) is 0 Å². The lowest BCUT2D eigenvalue weighted by Gasteiger charge is -2.36. The Hall–Kier alpha value is -2.45. The fourth-order valence-electron chi connectivity index (χ4n) is 3.40. The number of nitrogen functional groups attached to an aromatic ring is 1. The average Bonchev–Trinajstić information content (AvgIpc) is 2.68. The van der Waals surface area contributed by atoms with Crippen molar-refractivity contribution in [2.75, 3.05) is 55.2 Å². The van der Waals surface area contributed by atoms with Crippen molar-refractivity contribution >= 4 is 35.3 Å². The van der Waals surface area contributed by atoms with Gasteiger partial charge in [0, 0.05) is 45.5 Å². The highest BCUT2D eigenvalue weighted by atomic mass is 35.5. The van der Waals surface area contributed by atoms with Gasteiger partial charge in [-0.3, -0.25) is 4.90 Å². The fraction of sp³-hybridized carbons (Fsp3) is 0.450. The lowest BCUT2D eigenvalue weighted by molar-refractivity contribution is 0.266. The number of hydrogen-bond donors (Lipinski definition) is 3.